The number of fused-ring (bicyclic) bond motifs is 5. The Morgan fingerprint density at radius 1 is 1.05 bits per heavy atom. The highest BCUT2D eigenvalue weighted by molar-refractivity contribution is 5.99. The number of aliphatic hydroxyl groups excluding tert-OH is 5. The number of aliphatic carboxylic acids is 1. The lowest BCUT2D eigenvalue weighted by atomic mass is 9.44. The summed E-state index contributed by atoms with van der Waals surface area (Å²) in [5.41, 5.74) is -1.44. The quantitative estimate of drug-likeness (QED) is 0.207. The molecule has 0 aromatic carbocycles. The van der Waals surface area contributed by atoms with Crippen molar-refractivity contribution in [3.05, 3.63) is 11.6 Å². The highest BCUT2D eigenvalue weighted by Gasteiger charge is 2.72. The van der Waals surface area contributed by atoms with E-state index in [2.05, 4.69) is 0 Å². The number of hydrogen-bond donors (Lipinski definition) is 7. The van der Waals surface area contributed by atoms with Crippen LogP contribution in [0.3, 0.4) is 0 Å². The third-order valence-electron chi connectivity index (χ3n) is 10.7. The number of ketones is 3. The van der Waals surface area contributed by atoms with Gasteiger partial charge in [0, 0.05) is 12.3 Å². The van der Waals surface area contributed by atoms with Gasteiger partial charge < -0.3 is 40.5 Å². The van der Waals surface area contributed by atoms with E-state index in [1.807, 2.05) is 6.92 Å². The Hall–Kier alpha value is -2.06. The summed E-state index contributed by atoms with van der Waals surface area (Å²) in [5.74, 6) is -9.52. The molecule has 12 heteroatoms. The van der Waals surface area contributed by atoms with Crippen LogP contribution in [0.2, 0.25) is 0 Å². The Balaban J connectivity index is 1.61. The van der Waals surface area contributed by atoms with Gasteiger partial charge in [0.25, 0.3) is 5.79 Å². The monoisotopic (exact) mass is 552 g/mol. The standard InChI is InChI=1S/C27H36O12/c1-25-7-6-12(29)8-11(25)2-3-13-14-4-5-15(17(31)10-28)26(14,9-16(30)18(13)25)24(37)27(38)22(34)20(33)19(32)21(39-27)23(35)36/h8,13-16,18-22,28,30,32-34,38H,2-7,9-10H2,1H3,(H,35,36)/t13-,14-,15-,16+,18+,19+,20+,21+,22-,25+,26-,27?/m1/s1. The average molecular weight is 553 g/mol. The molecular formula is C27H36O12. The summed E-state index contributed by atoms with van der Waals surface area (Å²) in [6, 6.07) is 0. The lowest BCUT2D eigenvalue weighted by molar-refractivity contribution is -0.329. The molecule has 4 fully saturated rings. The first-order valence-corrected chi connectivity index (χ1v) is 13.5. The molecule has 39 heavy (non-hydrogen) atoms. The van der Waals surface area contributed by atoms with Crippen molar-refractivity contribution in [3.63, 3.8) is 0 Å². The second-order valence-electron chi connectivity index (χ2n) is 12.3. The van der Waals surface area contributed by atoms with Crippen LogP contribution in [-0.4, -0.2) is 102 Å². The number of carbonyl (C=O) groups is 4. The molecule has 1 saturated heterocycles. The van der Waals surface area contributed by atoms with Gasteiger partial charge in [-0.15, -0.1) is 0 Å². The zero-order valence-corrected chi connectivity index (χ0v) is 21.6. The van der Waals surface area contributed by atoms with Gasteiger partial charge in [0.05, 0.1) is 11.5 Å². The Morgan fingerprint density at radius 2 is 1.74 bits per heavy atom. The molecule has 5 aliphatic rings. The van der Waals surface area contributed by atoms with Gasteiger partial charge in [-0.05, 0) is 67.8 Å². The molecule has 216 valence electrons. The van der Waals surface area contributed by atoms with Gasteiger partial charge in [-0.2, -0.15) is 0 Å². The van der Waals surface area contributed by atoms with Gasteiger partial charge in [0.15, 0.2) is 17.7 Å². The SMILES string of the molecule is C[C@]12CCC(=O)C=C1CC[C@H]1[C@H]2[C@@H](O)C[C@]2(C(=O)C3(O)O[C@H](C(=O)O)[C@@H](O)[C@H](O)[C@H]3O)[C@@H](C(=O)CO)CC[C@H]12. The van der Waals surface area contributed by atoms with Crippen LogP contribution in [0.4, 0.5) is 0 Å². The molecule has 0 bridgehead atoms. The van der Waals surface area contributed by atoms with Crippen molar-refractivity contribution < 1.29 is 59.7 Å². The molecular weight excluding hydrogens is 516 g/mol. The molecule has 0 radical (unpaired) electrons. The molecule has 1 heterocycles. The van der Waals surface area contributed by atoms with E-state index in [9.17, 15) is 54.9 Å². The lowest BCUT2D eigenvalue weighted by Gasteiger charge is -2.60. The van der Waals surface area contributed by atoms with Crippen LogP contribution in [0.1, 0.15) is 51.9 Å². The Morgan fingerprint density at radius 3 is 2.38 bits per heavy atom. The predicted octanol–water partition coefficient (Wildman–Crippen LogP) is -1.53. The minimum Gasteiger partial charge on any atom is -0.479 e. The number of allylic oxidation sites excluding steroid dienone is 1. The number of hydrogen-bond acceptors (Lipinski definition) is 11. The highest BCUT2D eigenvalue weighted by Crippen LogP contribution is 2.68. The van der Waals surface area contributed by atoms with Crippen LogP contribution in [0.25, 0.3) is 0 Å². The Kier molecular flexibility index (Phi) is 6.94. The summed E-state index contributed by atoms with van der Waals surface area (Å²) in [5, 5.41) is 73.7. The number of carboxylic acid groups (broad SMARTS) is 1. The van der Waals surface area contributed by atoms with Crippen LogP contribution in [0.5, 0.6) is 0 Å². The van der Waals surface area contributed by atoms with E-state index in [4.69, 9.17) is 4.74 Å². The van der Waals surface area contributed by atoms with Crippen LogP contribution < -0.4 is 0 Å². The summed E-state index contributed by atoms with van der Waals surface area (Å²) in [7, 11) is 0. The van der Waals surface area contributed by atoms with Gasteiger partial charge >= 0.3 is 5.97 Å². The smallest absolute Gasteiger partial charge is 0.335 e. The fraction of sp³-hybridized carbons (Fsp3) is 0.778. The zero-order chi connectivity index (χ0) is 28.7. The number of Topliss-reactive ketones (excluding diaryl/α,β-unsaturated/α-hetero) is 2. The summed E-state index contributed by atoms with van der Waals surface area (Å²) >= 11 is 0. The number of rotatable bonds is 5. The van der Waals surface area contributed by atoms with E-state index in [-0.39, 0.29) is 30.5 Å². The molecule has 5 rings (SSSR count). The summed E-state index contributed by atoms with van der Waals surface area (Å²) < 4.78 is 5.14. The molecule has 0 aromatic heterocycles. The van der Waals surface area contributed by atoms with Crippen LogP contribution >= 0.6 is 0 Å². The fourth-order valence-electron chi connectivity index (χ4n) is 8.96. The molecule has 12 atom stereocenters. The minimum atomic E-state index is -3.31. The molecule has 12 nitrogen and oxygen atoms in total. The van der Waals surface area contributed by atoms with E-state index in [0.29, 0.717) is 32.1 Å². The van der Waals surface area contributed by atoms with Gasteiger partial charge in [-0.1, -0.05) is 12.5 Å². The van der Waals surface area contributed by atoms with Crippen LogP contribution in [-0.2, 0) is 23.9 Å². The van der Waals surface area contributed by atoms with E-state index in [1.54, 1.807) is 6.08 Å². The van der Waals surface area contributed by atoms with E-state index >= 15 is 0 Å². The van der Waals surface area contributed by atoms with Gasteiger partial charge in [-0.3, -0.25) is 14.4 Å². The largest absolute Gasteiger partial charge is 0.479 e. The molecule has 0 spiro atoms. The first-order chi connectivity index (χ1) is 18.2. The number of ether oxygens (including phenoxy) is 1. The maximum atomic E-state index is 14.4. The van der Waals surface area contributed by atoms with Crippen molar-refractivity contribution in [2.45, 2.75) is 88.2 Å². The Bertz CT molecular complexity index is 1120. The van der Waals surface area contributed by atoms with Crippen molar-refractivity contribution >= 4 is 23.3 Å². The molecule has 0 aromatic rings. The highest BCUT2D eigenvalue weighted by atomic mass is 16.7. The third-order valence-corrected chi connectivity index (χ3v) is 10.7. The van der Waals surface area contributed by atoms with Crippen molar-refractivity contribution in [1.29, 1.82) is 0 Å². The predicted molar refractivity (Wildman–Crippen MR) is 128 cm³/mol. The van der Waals surface area contributed by atoms with Gasteiger partial charge in [0.2, 0.25) is 5.78 Å². The molecule has 0 amide bonds. The molecule has 1 aliphatic heterocycles. The zero-order valence-electron chi connectivity index (χ0n) is 21.6. The van der Waals surface area contributed by atoms with E-state index < -0.39 is 83.1 Å². The molecule has 4 aliphatic carbocycles. The second kappa shape index (κ2) is 9.51. The summed E-state index contributed by atoms with van der Waals surface area (Å²) in [6.45, 7) is 1.08. The average Bonchev–Trinajstić information content (AvgIpc) is 3.28. The number of aliphatic hydroxyl groups is 6. The third kappa shape index (κ3) is 3.83. The minimum absolute atomic E-state index is 0.0182. The first kappa shape index (κ1) is 28.5. The first-order valence-electron chi connectivity index (χ1n) is 13.5. The van der Waals surface area contributed by atoms with Crippen molar-refractivity contribution in [1.82, 2.24) is 0 Å². The number of carbonyl (C=O) groups excluding carboxylic acids is 3. The van der Waals surface area contributed by atoms with Crippen molar-refractivity contribution in [2.75, 3.05) is 6.61 Å². The normalized spacial score (nSPS) is 49.4. The molecule has 7 N–H and O–H groups in total. The number of carboxylic acids is 1. The summed E-state index contributed by atoms with van der Waals surface area (Å²) in [4.78, 5) is 51.4. The van der Waals surface area contributed by atoms with Gasteiger partial charge in [-0.25, -0.2) is 4.79 Å². The molecule has 1 unspecified atom stereocenters. The maximum absolute atomic E-state index is 14.4. The van der Waals surface area contributed by atoms with Crippen molar-refractivity contribution in [2.24, 2.45) is 34.5 Å². The van der Waals surface area contributed by atoms with Crippen LogP contribution in [0.15, 0.2) is 11.6 Å². The topological polar surface area (TPSA) is 219 Å². The fourth-order valence-corrected chi connectivity index (χ4v) is 8.96. The maximum Gasteiger partial charge on any atom is 0.335 e. The summed E-state index contributed by atoms with van der Waals surface area (Å²) in [6.07, 6.45) is -6.70. The molecule has 3 saturated carbocycles. The van der Waals surface area contributed by atoms with Gasteiger partial charge in [0.1, 0.15) is 24.9 Å². The van der Waals surface area contributed by atoms with E-state index in [1.165, 1.54) is 0 Å². The lowest BCUT2D eigenvalue weighted by Crippen LogP contribution is -2.73. The second-order valence-corrected chi connectivity index (χ2v) is 12.3. The Labute approximate surface area is 224 Å². The van der Waals surface area contributed by atoms with E-state index in [0.717, 1.165) is 5.57 Å². The van der Waals surface area contributed by atoms with Crippen LogP contribution in [0, 0.1) is 34.5 Å². The van der Waals surface area contributed by atoms with Crippen molar-refractivity contribution in [3.8, 4) is 0 Å².